The number of phenolic OH excluding ortho intramolecular Hbond substituents is 1. The molecule has 0 saturated carbocycles. The molecule has 0 amide bonds. The number of aromatic hydroxyl groups is 1. The minimum Gasteiger partial charge on any atom is -0.507 e. The van der Waals surface area contributed by atoms with Gasteiger partial charge in [-0.2, -0.15) is 4.80 Å². The molecular formula is C20H22ClN3O3. The maximum atomic E-state index is 11.5. The van der Waals surface area contributed by atoms with Crippen LogP contribution in [0.4, 0.5) is 0 Å². The lowest BCUT2D eigenvalue weighted by molar-refractivity contribution is -0.140. The third kappa shape index (κ3) is 4.06. The highest BCUT2D eigenvalue weighted by molar-refractivity contribution is 6.31. The third-order valence-corrected chi connectivity index (χ3v) is 4.62. The Hall–Kier alpha value is -2.60. The molecule has 142 valence electrons. The van der Waals surface area contributed by atoms with E-state index < -0.39 is 0 Å². The number of hydrogen-bond donors (Lipinski definition) is 1. The van der Waals surface area contributed by atoms with Gasteiger partial charge in [0.15, 0.2) is 0 Å². The van der Waals surface area contributed by atoms with Crippen LogP contribution >= 0.6 is 11.6 Å². The standard InChI is InChI=1S/C20H22ClN3O3/c1-20(2,3)15-11-14(9-12(19(15)26)5-8-18(25)27-4)24-22-16-7-6-13(21)10-17(16)23-24/h6-7,9-11,26H,5,8H2,1-4H3. The number of aromatic nitrogens is 3. The maximum absolute atomic E-state index is 11.5. The Morgan fingerprint density at radius 1 is 1.19 bits per heavy atom. The number of halogens is 1. The first kappa shape index (κ1) is 19.2. The van der Waals surface area contributed by atoms with Crippen molar-refractivity contribution in [2.24, 2.45) is 0 Å². The van der Waals surface area contributed by atoms with E-state index in [1.807, 2.05) is 32.9 Å². The van der Waals surface area contributed by atoms with Crippen LogP contribution in [-0.2, 0) is 21.4 Å². The second-order valence-electron chi connectivity index (χ2n) is 7.45. The van der Waals surface area contributed by atoms with Gasteiger partial charge in [-0.15, -0.1) is 10.2 Å². The van der Waals surface area contributed by atoms with Crippen molar-refractivity contribution in [1.82, 2.24) is 15.0 Å². The predicted molar refractivity (Wildman–Crippen MR) is 105 cm³/mol. The van der Waals surface area contributed by atoms with Gasteiger partial charge in [-0.1, -0.05) is 32.4 Å². The summed E-state index contributed by atoms with van der Waals surface area (Å²) < 4.78 is 4.71. The summed E-state index contributed by atoms with van der Waals surface area (Å²) in [5.41, 5.74) is 3.24. The number of methoxy groups -OCH3 is 1. The van der Waals surface area contributed by atoms with Gasteiger partial charge in [0.25, 0.3) is 0 Å². The molecule has 27 heavy (non-hydrogen) atoms. The second kappa shape index (κ2) is 7.19. The Bertz CT molecular complexity index is 1010. The monoisotopic (exact) mass is 387 g/mol. The van der Waals surface area contributed by atoms with Gasteiger partial charge in [-0.05, 0) is 47.7 Å². The summed E-state index contributed by atoms with van der Waals surface area (Å²) in [5, 5.41) is 20.3. The van der Waals surface area contributed by atoms with Crippen LogP contribution in [0.1, 0.15) is 38.3 Å². The van der Waals surface area contributed by atoms with E-state index in [1.54, 1.807) is 18.2 Å². The number of esters is 1. The number of carbonyl (C=O) groups excluding carboxylic acids is 1. The molecular weight excluding hydrogens is 366 g/mol. The molecule has 0 spiro atoms. The first-order valence-corrected chi connectivity index (χ1v) is 9.03. The molecule has 0 aliphatic carbocycles. The Kier molecular flexibility index (Phi) is 5.11. The molecule has 0 aliphatic rings. The van der Waals surface area contributed by atoms with Crippen molar-refractivity contribution >= 4 is 28.6 Å². The molecule has 0 unspecified atom stereocenters. The first-order valence-electron chi connectivity index (χ1n) is 8.65. The zero-order chi connectivity index (χ0) is 19.8. The average Bonchev–Trinajstić information content (AvgIpc) is 3.02. The van der Waals surface area contributed by atoms with Crippen molar-refractivity contribution < 1.29 is 14.6 Å². The van der Waals surface area contributed by atoms with Gasteiger partial charge in [-0.3, -0.25) is 4.79 Å². The fourth-order valence-electron chi connectivity index (χ4n) is 2.90. The molecule has 0 atom stereocenters. The fraction of sp³-hybridized carbons (Fsp3) is 0.350. The van der Waals surface area contributed by atoms with Crippen LogP contribution in [0.5, 0.6) is 5.75 Å². The molecule has 1 N–H and O–H groups in total. The van der Waals surface area contributed by atoms with Crippen molar-refractivity contribution in [2.45, 2.75) is 39.0 Å². The van der Waals surface area contributed by atoms with Gasteiger partial charge in [0.2, 0.25) is 0 Å². The van der Waals surface area contributed by atoms with Crippen molar-refractivity contribution in [1.29, 1.82) is 0 Å². The minimum absolute atomic E-state index is 0.182. The van der Waals surface area contributed by atoms with Gasteiger partial charge in [0.05, 0.1) is 12.8 Å². The number of aryl methyl sites for hydroxylation is 1. The van der Waals surface area contributed by atoms with Crippen LogP contribution in [0.15, 0.2) is 30.3 Å². The summed E-state index contributed by atoms with van der Waals surface area (Å²) in [5.74, 6) is -0.135. The summed E-state index contributed by atoms with van der Waals surface area (Å²) in [6.07, 6.45) is 0.545. The van der Waals surface area contributed by atoms with E-state index in [4.69, 9.17) is 16.3 Å². The molecule has 2 aromatic carbocycles. The van der Waals surface area contributed by atoms with Crippen LogP contribution in [0, 0.1) is 0 Å². The third-order valence-electron chi connectivity index (χ3n) is 4.38. The van der Waals surface area contributed by atoms with Crippen LogP contribution in [0.25, 0.3) is 16.7 Å². The molecule has 0 bridgehead atoms. The number of ether oxygens (including phenoxy) is 1. The Labute approximate surface area is 162 Å². The van der Waals surface area contributed by atoms with Crippen LogP contribution in [0.3, 0.4) is 0 Å². The molecule has 0 radical (unpaired) electrons. The smallest absolute Gasteiger partial charge is 0.305 e. The topological polar surface area (TPSA) is 77.2 Å². The van der Waals surface area contributed by atoms with E-state index in [9.17, 15) is 9.90 Å². The molecule has 6 nitrogen and oxygen atoms in total. The number of rotatable bonds is 4. The maximum Gasteiger partial charge on any atom is 0.305 e. The van der Waals surface area contributed by atoms with E-state index in [-0.39, 0.29) is 23.6 Å². The average molecular weight is 388 g/mol. The summed E-state index contributed by atoms with van der Waals surface area (Å²) >= 11 is 6.04. The lowest BCUT2D eigenvalue weighted by Gasteiger charge is -2.23. The van der Waals surface area contributed by atoms with Crippen molar-refractivity contribution in [3.05, 3.63) is 46.5 Å². The highest BCUT2D eigenvalue weighted by Crippen LogP contribution is 2.36. The van der Waals surface area contributed by atoms with Crippen molar-refractivity contribution in [3.8, 4) is 11.4 Å². The Morgan fingerprint density at radius 2 is 1.89 bits per heavy atom. The molecule has 3 aromatic rings. The van der Waals surface area contributed by atoms with Gasteiger partial charge in [0, 0.05) is 17.0 Å². The molecule has 0 fully saturated rings. The fourth-order valence-corrected chi connectivity index (χ4v) is 3.06. The summed E-state index contributed by atoms with van der Waals surface area (Å²) in [6.45, 7) is 6.05. The molecule has 3 rings (SSSR count). The number of benzene rings is 2. The van der Waals surface area contributed by atoms with E-state index in [1.165, 1.54) is 11.9 Å². The second-order valence-corrected chi connectivity index (χ2v) is 7.89. The Balaban J connectivity index is 2.11. The van der Waals surface area contributed by atoms with Crippen molar-refractivity contribution in [3.63, 3.8) is 0 Å². The number of carbonyl (C=O) groups is 1. The van der Waals surface area contributed by atoms with Gasteiger partial charge < -0.3 is 9.84 Å². The van der Waals surface area contributed by atoms with Crippen LogP contribution in [-0.4, -0.2) is 33.2 Å². The zero-order valence-electron chi connectivity index (χ0n) is 15.8. The number of phenols is 1. The van der Waals surface area contributed by atoms with Gasteiger partial charge >= 0.3 is 5.97 Å². The highest BCUT2D eigenvalue weighted by atomic mass is 35.5. The molecule has 1 aromatic heterocycles. The quantitative estimate of drug-likeness (QED) is 0.679. The van der Waals surface area contributed by atoms with Crippen LogP contribution < -0.4 is 0 Å². The Morgan fingerprint density at radius 3 is 2.56 bits per heavy atom. The molecule has 0 saturated heterocycles. The lowest BCUT2D eigenvalue weighted by atomic mass is 9.84. The largest absolute Gasteiger partial charge is 0.507 e. The van der Waals surface area contributed by atoms with Crippen LogP contribution in [0.2, 0.25) is 5.02 Å². The number of fused-ring (bicyclic) bond motifs is 1. The van der Waals surface area contributed by atoms with E-state index >= 15 is 0 Å². The number of nitrogens with zero attached hydrogens (tertiary/aromatic N) is 3. The highest BCUT2D eigenvalue weighted by Gasteiger charge is 2.23. The molecule has 7 heteroatoms. The van der Waals surface area contributed by atoms with Gasteiger partial charge in [0.1, 0.15) is 16.8 Å². The summed E-state index contributed by atoms with van der Waals surface area (Å²) in [6, 6.07) is 9.00. The van der Waals surface area contributed by atoms with E-state index in [0.717, 1.165) is 11.1 Å². The number of hydrogen-bond acceptors (Lipinski definition) is 5. The SMILES string of the molecule is COC(=O)CCc1cc(-n2nc3ccc(Cl)cc3n2)cc(C(C)(C)C)c1O. The lowest BCUT2D eigenvalue weighted by Crippen LogP contribution is -2.14. The molecule has 1 heterocycles. The molecule has 0 aliphatic heterocycles. The first-order chi connectivity index (χ1) is 12.7. The minimum atomic E-state index is -0.324. The normalized spacial score (nSPS) is 11.7. The zero-order valence-corrected chi connectivity index (χ0v) is 16.5. The predicted octanol–water partition coefficient (Wildman–Crippen LogP) is 4.18. The van der Waals surface area contributed by atoms with Gasteiger partial charge in [-0.25, -0.2) is 0 Å². The van der Waals surface area contributed by atoms with E-state index in [0.29, 0.717) is 28.2 Å². The summed E-state index contributed by atoms with van der Waals surface area (Å²) in [7, 11) is 1.35. The summed E-state index contributed by atoms with van der Waals surface area (Å²) in [4.78, 5) is 13.1. The van der Waals surface area contributed by atoms with E-state index in [2.05, 4.69) is 10.2 Å². The van der Waals surface area contributed by atoms with Crippen molar-refractivity contribution in [2.75, 3.05) is 7.11 Å².